The monoisotopic (exact) mass is 243 g/mol. The maximum Gasteiger partial charge on any atom is 0.254 e. The van der Waals surface area contributed by atoms with Gasteiger partial charge in [0.15, 0.2) is 0 Å². The van der Waals surface area contributed by atoms with E-state index >= 15 is 0 Å². The number of aromatic nitrogens is 1. The molecule has 1 unspecified atom stereocenters. The number of likely N-dealkylation sites (tertiary alicyclic amines) is 1. The van der Waals surface area contributed by atoms with Crippen molar-refractivity contribution in [3.63, 3.8) is 0 Å². The molecule has 4 nitrogen and oxygen atoms in total. The third kappa shape index (κ3) is 1.78. The summed E-state index contributed by atoms with van der Waals surface area (Å²) in [7, 11) is 0. The predicted molar refractivity (Wildman–Crippen MR) is 71.4 cm³/mol. The summed E-state index contributed by atoms with van der Waals surface area (Å²) in [5.41, 5.74) is 7.46. The summed E-state index contributed by atoms with van der Waals surface area (Å²) in [5.74, 6) is 0.579. The average molecular weight is 243 g/mol. The van der Waals surface area contributed by atoms with Crippen LogP contribution in [0.3, 0.4) is 0 Å². The Hall–Kier alpha value is -1.81. The van der Waals surface area contributed by atoms with Gasteiger partial charge >= 0.3 is 0 Å². The molecule has 1 aromatic carbocycles. The fourth-order valence-corrected chi connectivity index (χ4v) is 2.65. The van der Waals surface area contributed by atoms with Crippen molar-refractivity contribution in [2.24, 2.45) is 11.7 Å². The number of fused-ring (bicyclic) bond motifs is 1. The van der Waals surface area contributed by atoms with Gasteiger partial charge in [-0.25, -0.2) is 0 Å². The summed E-state index contributed by atoms with van der Waals surface area (Å²) >= 11 is 0. The zero-order valence-corrected chi connectivity index (χ0v) is 10.2. The molecule has 1 aliphatic heterocycles. The van der Waals surface area contributed by atoms with Gasteiger partial charge in [-0.3, -0.25) is 4.79 Å². The number of aromatic amines is 1. The summed E-state index contributed by atoms with van der Waals surface area (Å²) in [5, 5.41) is 0.999. The minimum atomic E-state index is 0.121. The number of H-pyrrole nitrogens is 1. The van der Waals surface area contributed by atoms with Crippen molar-refractivity contribution < 1.29 is 4.79 Å². The summed E-state index contributed by atoms with van der Waals surface area (Å²) in [6.45, 7) is 2.27. The van der Waals surface area contributed by atoms with Crippen LogP contribution in [-0.4, -0.2) is 35.4 Å². The van der Waals surface area contributed by atoms with E-state index in [1.54, 1.807) is 0 Å². The standard InChI is InChI=1S/C14H17N3O/c15-8-10-5-7-17(9-10)14(18)12-2-1-3-13-11(12)4-6-16-13/h1-4,6,10,16H,5,7-9,15H2. The van der Waals surface area contributed by atoms with E-state index in [1.165, 1.54) is 0 Å². The van der Waals surface area contributed by atoms with Gasteiger partial charge in [-0.1, -0.05) is 6.07 Å². The first-order chi connectivity index (χ1) is 8.79. The van der Waals surface area contributed by atoms with Crippen LogP contribution in [0.15, 0.2) is 30.5 Å². The van der Waals surface area contributed by atoms with E-state index in [0.717, 1.165) is 36.0 Å². The molecule has 18 heavy (non-hydrogen) atoms. The molecule has 0 radical (unpaired) electrons. The Balaban J connectivity index is 1.90. The second-order valence-electron chi connectivity index (χ2n) is 4.89. The van der Waals surface area contributed by atoms with Gasteiger partial charge in [0.25, 0.3) is 5.91 Å². The minimum absolute atomic E-state index is 0.121. The summed E-state index contributed by atoms with van der Waals surface area (Å²) in [6.07, 6.45) is 2.89. The van der Waals surface area contributed by atoms with E-state index in [-0.39, 0.29) is 5.91 Å². The normalized spacial score (nSPS) is 19.6. The van der Waals surface area contributed by atoms with Gasteiger partial charge in [0.05, 0.1) is 0 Å². The maximum absolute atomic E-state index is 12.5. The van der Waals surface area contributed by atoms with E-state index in [2.05, 4.69) is 4.98 Å². The molecule has 1 fully saturated rings. The molecule has 1 amide bonds. The Kier molecular flexibility index (Phi) is 2.80. The van der Waals surface area contributed by atoms with Crippen molar-refractivity contribution in [1.29, 1.82) is 0 Å². The van der Waals surface area contributed by atoms with Gasteiger partial charge in [-0.15, -0.1) is 0 Å². The molecule has 0 bridgehead atoms. The van der Waals surface area contributed by atoms with Crippen molar-refractivity contribution in [3.05, 3.63) is 36.0 Å². The average Bonchev–Trinajstić information content (AvgIpc) is 3.05. The number of hydrogen-bond donors (Lipinski definition) is 2. The number of nitrogens with two attached hydrogens (primary N) is 1. The molecule has 3 N–H and O–H groups in total. The van der Waals surface area contributed by atoms with Crippen LogP contribution in [0.4, 0.5) is 0 Å². The lowest BCUT2D eigenvalue weighted by atomic mass is 10.1. The van der Waals surface area contributed by atoms with Crippen LogP contribution < -0.4 is 5.73 Å². The summed E-state index contributed by atoms with van der Waals surface area (Å²) < 4.78 is 0. The van der Waals surface area contributed by atoms with Crippen LogP contribution in [0.2, 0.25) is 0 Å². The molecule has 0 spiro atoms. The molecule has 1 aliphatic rings. The minimum Gasteiger partial charge on any atom is -0.361 e. The highest BCUT2D eigenvalue weighted by Gasteiger charge is 2.26. The van der Waals surface area contributed by atoms with Crippen molar-refractivity contribution in [1.82, 2.24) is 9.88 Å². The molecule has 1 aromatic heterocycles. The summed E-state index contributed by atoms with van der Waals surface area (Å²) in [6, 6.07) is 7.76. The highest BCUT2D eigenvalue weighted by atomic mass is 16.2. The van der Waals surface area contributed by atoms with Crippen molar-refractivity contribution in [2.75, 3.05) is 19.6 Å². The van der Waals surface area contributed by atoms with Crippen LogP contribution >= 0.6 is 0 Å². The third-order valence-electron chi connectivity index (χ3n) is 3.73. The third-order valence-corrected chi connectivity index (χ3v) is 3.73. The van der Waals surface area contributed by atoms with Crippen molar-refractivity contribution in [3.8, 4) is 0 Å². The van der Waals surface area contributed by atoms with Gasteiger partial charge < -0.3 is 15.6 Å². The van der Waals surface area contributed by atoms with Gasteiger partial charge in [-0.05, 0) is 37.1 Å². The topological polar surface area (TPSA) is 62.1 Å². The van der Waals surface area contributed by atoms with E-state index < -0.39 is 0 Å². The fraction of sp³-hybridized carbons (Fsp3) is 0.357. The van der Waals surface area contributed by atoms with E-state index in [9.17, 15) is 4.79 Å². The molecule has 0 saturated carbocycles. The largest absolute Gasteiger partial charge is 0.361 e. The van der Waals surface area contributed by atoms with Crippen LogP contribution in [0.5, 0.6) is 0 Å². The van der Waals surface area contributed by atoms with Gasteiger partial charge in [0.2, 0.25) is 0 Å². The van der Waals surface area contributed by atoms with Crippen LogP contribution in [0.1, 0.15) is 16.8 Å². The Morgan fingerprint density at radius 3 is 3.11 bits per heavy atom. The molecule has 1 atom stereocenters. The lowest BCUT2D eigenvalue weighted by molar-refractivity contribution is 0.0789. The highest BCUT2D eigenvalue weighted by molar-refractivity contribution is 6.06. The molecule has 1 saturated heterocycles. The van der Waals surface area contributed by atoms with E-state index in [4.69, 9.17) is 5.73 Å². The molecule has 2 aromatic rings. The van der Waals surface area contributed by atoms with Crippen LogP contribution in [0, 0.1) is 5.92 Å². The number of benzene rings is 1. The summed E-state index contributed by atoms with van der Waals surface area (Å²) in [4.78, 5) is 17.5. The Morgan fingerprint density at radius 2 is 2.33 bits per heavy atom. The first-order valence-electron chi connectivity index (χ1n) is 6.35. The van der Waals surface area contributed by atoms with Crippen LogP contribution in [-0.2, 0) is 0 Å². The van der Waals surface area contributed by atoms with E-state index in [0.29, 0.717) is 12.5 Å². The molecule has 4 heteroatoms. The maximum atomic E-state index is 12.5. The SMILES string of the molecule is NCC1CCN(C(=O)c2cccc3[nH]ccc23)C1. The Labute approximate surface area is 106 Å². The number of rotatable bonds is 2. The highest BCUT2D eigenvalue weighted by Crippen LogP contribution is 2.22. The zero-order valence-electron chi connectivity index (χ0n) is 10.2. The molecular weight excluding hydrogens is 226 g/mol. The molecule has 2 heterocycles. The number of carbonyl (C=O) groups is 1. The Morgan fingerprint density at radius 1 is 1.44 bits per heavy atom. The number of amides is 1. The number of nitrogens with zero attached hydrogens (tertiary/aromatic N) is 1. The molecular formula is C14H17N3O. The second kappa shape index (κ2) is 4.46. The molecule has 94 valence electrons. The zero-order chi connectivity index (χ0) is 12.5. The van der Waals surface area contributed by atoms with Gasteiger partial charge in [0.1, 0.15) is 0 Å². The van der Waals surface area contributed by atoms with Crippen molar-refractivity contribution in [2.45, 2.75) is 6.42 Å². The molecule has 3 rings (SSSR count). The lowest BCUT2D eigenvalue weighted by Gasteiger charge is -2.16. The fourth-order valence-electron chi connectivity index (χ4n) is 2.65. The Bertz CT molecular complexity index is 575. The quantitative estimate of drug-likeness (QED) is 0.841. The van der Waals surface area contributed by atoms with Crippen LogP contribution in [0.25, 0.3) is 10.9 Å². The number of carbonyl (C=O) groups excluding carboxylic acids is 1. The number of nitrogens with one attached hydrogen (secondary N) is 1. The predicted octanol–water partition coefficient (Wildman–Crippen LogP) is 1.59. The van der Waals surface area contributed by atoms with Gasteiger partial charge in [-0.2, -0.15) is 0 Å². The second-order valence-corrected chi connectivity index (χ2v) is 4.89. The first-order valence-corrected chi connectivity index (χ1v) is 6.35. The van der Waals surface area contributed by atoms with E-state index in [1.807, 2.05) is 35.4 Å². The lowest BCUT2D eigenvalue weighted by Crippen LogP contribution is -2.29. The van der Waals surface area contributed by atoms with Gasteiger partial charge in [0, 0.05) is 35.8 Å². The number of hydrogen-bond acceptors (Lipinski definition) is 2. The smallest absolute Gasteiger partial charge is 0.254 e. The first kappa shape index (κ1) is 11.3. The van der Waals surface area contributed by atoms with Crippen molar-refractivity contribution >= 4 is 16.8 Å². The molecule has 0 aliphatic carbocycles.